The molecule has 3 heteroatoms. The molecule has 1 rings (SSSR count). The quantitative estimate of drug-likeness (QED) is 0.597. The summed E-state index contributed by atoms with van der Waals surface area (Å²) in [5, 5.41) is 0.431. The number of hydrogen-bond donors (Lipinski definition) is 0. The van der Waals surface area contributed by atoms with Gasteiger partial charge in [0.1, 0.15) is 0 Å². The third kappa shape index (κ3) is 3.76. The minimum Gasteiger partial charge on any atom is -0.249 e. The Labute approximate surface area is 101 Å². The summed E-state index contributed by atoms with van der Waals surface area (Å²) in [6.45, 7) is 4.41. The van der Waals surface area contributed by atoms with Gasteiger partial charge in [-0.1, -0.05) is 39.5 Å². The molecule has 1 saturated carbocycles. The zero-order valence-electron chi connectivity index (χ0n) is 11.1. The molecule has 16 heavy (non-hydrogen) atoms. The lowest BCUT2D eigenvalue weighted by molar-refractivity contribution is 0.641. The predicted molar refractivity (Wildman–Crippen MR) is 72.3 cm³/mol. The monoisotopic (exact) mass is 245 g/mol. The van der Waals surface area contributed by atoms with E-state index in [1.165, 1.54) is 38.5 Å². The van der Waals surface area contributed by atoms with Gasteiger partial charge in [-0.3, -0.25) is 0 Å². The Bertz CT molecular complexity index is 305. The Kier molecular flexibility index (Phi) is 5.81. The topological polar surface area (TPSA) is 29.4 Å². The first-order chi connectivity index (χ1) is 7.68. The lowest BCUT2D eigenvalue weighted by Gasteiger charge is -2.08. The molecule has 0 aromatic heterocycles. The predicted octanol–water partition coefficient (Wildman–Crippen LogP) is 3.85. The van der Waals surface area contributed by atoms with Gasteiger partial charge in [-0.15, -0.1) is 0 Å². The van der Waals surface area contributed by atoms with Crippen LogP contribution in [0.1, 0.15) is 58.8 Å². The first kappa shape index (κ1) is 14.0. The van der Waals surface area contributed by atoms with Crippen molar-refractivity contribution < 1.29 is 4.21 Å². The molecule has 1 fully saturated rings. The van der Waals surface area contributed by atoms with Crippen molar-refractivity contribution in [1.82, 2.24) is 0 Å². The zero-order chi connectivity index (χ0) is 12.0. The van der Waals surface area contributed by atoms with Gasteiger partial charge in [0.25, 0.3) is 0 Å². The van der Waals surface area contributed by atoms with Gasteiger partial charge in [0.15, 0.2) is 0 Å². The second kappa shape index (κ2) is 6.63. The van der Waals surface area contributed by atoms with Crippen molar-refractivity contribution in [1.29, 1.82) is 0 Å². The highest BCUT2D eigenvalue weighted by Gasteiger charge is 2.43. The highest BCUT2D eigenvalue weighted by Crippen LogP contribution is 2.42. The van der Waals surface area contributed by atoms with Crippen LogP contribution in [0, 0.1) is 5.92 Å². The van der Waals surface area contributed by atoms with E-state index >= 15 is 0 Å². The number of rotatable bonds is 8. The smallest absolute Gasteiger partial charge is 0.0496 e. The Morgan fingerprint density at radius 3 is 2.44 bits per heavy atom. The largest absolute Gasteiger partial charge is 0.249 e. The van der Waals surface area contributed by atoms with Gasteiger partial charge in [-0.25, -0.2) is 8.57 Å². The van der Waals surface area contributed by atoms with Crippen LogP contribution in [0.2, 0.25) is 0 Å². The van der Waals surface area contributed by atoms with E-state index in [-0.39, 0.29) is 0 Å². The highest BCUT2D eigenvalue weighted by atomic mass is 32.2. The second-order valence-electron chi connectivity index (χ2n) is 4.96. The van der Waals surface area contributed by atoms with E-state index < -0.39 is 9.73 Å². The Morgan fingerprint density at radius 2 is 1.88 bits per heavy atom. The molecule has 0 radical (unpaired) electrons. The minimum atomic E-state index is -1.86. The minimum absolute atomic E-state index is 0.431. The van der Waals surface area contributed by atoms with E-state index in [0.717, 1.165) is 18.1 Å². The number of hydrogen-bond acceptors (Lipinski definition) is 2. The van der Waals surface area contributed by atoms with Crippen LogP contribution in [0.15, 0.2) is 4.36 Å². The van der Waals surface area contributed by atoms with Crippen molar-refractivity contribution in [3.8, 4) is 0 Å². The first-order valence-corrected chi connectivity index (χ1v) is 8.54. The van der Waals surface area contributed by atoms with Crippen molar-refractivity contribution in [2.45, 2.75) is 64.0 Å². The molecule has 0 amide bonds. The summed E-state index contributed by atoms with van der Waals surface area (Å²) < 4.78 is 16.8. The Balaban J connectivity index is 2.41. The van der Waals surface area contributed by atoms with E-state index in [1.807, 2.05) is 0 Å². The van der Waals surface area contributed by atoms with Crippen LogP contribution in [0.4, 0.5) is 0 Å². The van der Waals surface area contributed by atoms with Crippen LogP contribution in [0.3, 0.4) is 0 Å². The molecule has 0 saturated heterocycles. The molecule has 1 aliphatic carbocycles. The summed E-state index contributed by atoms with van der Waals surface area (Å²) in [5.41, 5.74) is 0. The van der Waals surface area contributed by atoms with E-state index in [1.54, 1.807) is 7.05 Å². The van der Waals surface area contributed by atoms with Gasteiger partial charge in [-0.05, 0) is 25.2 Å². The highest BCUT2D eigenvalue weighted by molar-refractivity contribution is 7.94. The fraction of sp³-hybridized carbons (Fsp3) is 1.00. The molecule has 0 aromatic rings. The van der Waals surface area contributed by atoms with Gasteiger partial charge < -0.3 is 0 Å². The van der Waals surface area contributed by atoms with Gasteiger partial charge in [-0.2, -0.15) is 0 Å². The average Bonchev–Trinajstić information content (AvgIpc) is 3.06. The second-order valence-corrected chi connectivity index (χ2v) is 7.72. The molecule has 0 heterocycles. The van der Waals surface area contributed by atoms with Gasteiger partial charge in [0.2, 0.25) is 0 Å². The molecule has 0 aromatic carbocycles. The van der Waals surface area contributed by atoms with Crippen molar-refractivity contribution in [2.75, 3.05) is 12.8 Å². The van der Waals surface area contributed by atoms with Crippen LogP contribution >= 0.6 is 0 Å². The number of nitrogens with zero attached hydrogens (tertiary/aromatic N) is 1. The van der Waals surface area contributed by atoms with E-state index in [0.29, 0.717) is 5.25 Å². The summed E-state index contributed by atoms with van der Waals surface area (Å²) >= 11 is 0. The molecular formula is C13H27NOS. The van der Waals surface area contributed by atoms with Crippen molar-refractivity contribution in [2.24, 2.45) is 10.3 Å². The first-order valence-electron chi connectivity index (χ1n) is 6.79. The SMILES string of the molecule is CCCCCS(=O)(=NC)C1CC1CCCC. The van der Waals surface area contributed by atoms with Crippen LogP contribution < -0.4 is 0 Å². The van der Waals surface area contributed by atoms with Crippen LogP contribution in [-0.2, 0) is 9.73 Å². The summed E-state index contributed by atoms with van der Waals surface area (Å²) in [5.74, 6) is 1.56. The maximum absolute atomic E-state index is 12.6. The fourth-order valence-electron chi connectivity index (χ4n) is 2.38. The molecule has 96 valence electrons. The van der Waals surface area contributed by atoms with E-state index in [9.17, 15) is 4.21 Å². The Hall–Kier alpha value is -0.0500. The summed E-state index contributed by atoms with van der Waals surface area (Å²) in [6.07, 6.45) is 8.45. The Morgan fingerprint density at radius 1 is 1.19 bits per heavy atom. The van der Waals surface area contributed by atoms with Crippen molar-refractivity contribution >= 4 is 9.73 Å². The van der Waals surface area contributed by atoms with Gasteiger partial charge in [0, 0.05) is 27.8 Å². The molecule has 0 bridgehead atoms. The zero-order valence-corrected chi connectivity index (χ0v) is 11.9. The lowest BCUT2D eigenvalue weighted by Crippen LogP contribution is -2.13. The maximum atomic E-state index is 12.6. The molecular weight excluding hydrogens is 218 g/mol. The van der Waals surface area contributed by atoms with Gasteiger partial charge in [0.05, 0.1) is 0 Å². The molecule has 3 atom stereocenters. The standard InChI is InChI=1S/C13H27NOS/c1-4-6-8-10-16(15,14-3)13-11-12(13)9-7-5-2/h12-13H,4-11H2,1-3H3. The van der Waals surface area contributed by atoms with E-state index in [2.05, 4.69) is 18.2 Å². The molecule has 0 N–H and O–H groups in total. The molecule has 0 aliphatic heterocycles. The summed E-state index contributed by atoms with van der Waals surface area (Å²) in [4.78, 5) is 0. The summed E-state index contributed by atoms with van der Waals surface area (Å²) in [6, 6.07) is 0. The van der Waals surface area contributed by atoms with Crippen LogP contribution in [-0.4, -0.2) is 22.3 Å². The number of unbranched alkanes of at least 4 members (excludes halogenated alkanes) is 3. The fourth-order valence-corrected chi connectivity index (χ4v) is 5.04. The molecule has 2 nitrogen and oxygen atoms in total. The van der Waals surface area contributed by atoms with Gasteiger partial charge >= 0.3 is 0 Å². The van der Waals surface area contributed by atoms with E-state index in [4.69, 9.17) is 0 Å². The summed E-state index contributed by atoms with van der Waals surface area (Å²) in [7, 11) is -0.106. The van der Waals surface area contributed by atoms with Crippen LogP contribution in [0.5, 0.6) is 0 Å². The average molecular weight is 245 g/mol. The molecule has 0 spiro atoms. The van der Waals surface area contributed by atoms with Crippen molar-refractivity contribution in [3.05, 3.63) is 0 Å². The normalized spacial score (nSPS) is 27.4. The molecule has 3 unspecified atom stereocenters. The third-order valence-corrected chi connectivity index (χ3v) is 6.62. The van der Waals surface area contributed by atoms with Crippen LogP contribution in [0.25, 0.3) is 0 Å². The lowest BCUT2D eigenvalue weighted by atomic mass is 10.2. The maximum Gasteiger partial charge on any atom is 0.0496 e. The molecule has 1 aliphatic rings. The third-order valence-electron chi connectivity index (χ3n) is 3.61. The van der Waals surface area contributed by atoms with Crippen molar-refractivity contribution in [3.63, 3.8) is 0 Å².